The van der Waals surface area contributed by atoms with Crippen LogP contribution in [-0.2, 0) is 6.54 Å². The van der Waals surface area contributed by atoms with Crippen molar-refractivity contribution in [3.05, 3.63) is 63.8 Å². The summed E-state index contributed by atoms with van der Waals surface area (Å²) >= 11 is 12.5. The fraction of sp³-hybridized carbons (Fsp3) is 0.176. The predicted molar refractivity (Wildman–Crippen MR) is 94.7 cm³/mol. The van der Waals surface area contributed by atoms with Crippen LogP contribution < -0.4 is 5.32 Å². The van der Waals surface area contributed by atoms with Crippen molar-refractivity contribution in [1.29, 1.82) is 0 Å². The molecule has 124 valence electrons. The molecule has 0 unspecified atom stereocenters. The van der Waals surface area contributed by atoms with E-state index in [0.29, 0.717) is 22.3 Å². The minimum atomic E-state index is -0.329. The van der Waals surface area contributed by atoms with Gasteiger partial charge in [0.2, 0.25) is 0 Å². The SMILES string of the molecule is O=C(NCCO)c1nn(Cc2c(Cl)cccc2Cl)c2ccccc12. The Kier molecular flexibility index (Phi) is 5.04. The summed E-state index contributed by atoms with van der Waals surface area (Å²) in [4.78, 5) is 12.3. The number of hydrogen-bond acceptors (Lipinski definition) is 3. The largest absolute Gasteiger partial charge is 0.395 e. The van der Waals surface area contributed by atoms with Gasteiger partial charge < -0.3 is 10.4 Å². The predicted octanol–water partition coefficient (Wildman–Crippen LogP) is 3.11. The lowest BCUT2D eigenvalue weighted by atomic mass is 10.2. The maximum Gasteiger partial charge on any atom is 0.272 e. The second-order valence-corrected chi connectivity index (χ2v) is 6.02. The molecule has 0 aliphatic heterocycles. The monoisotopic (exact) mass is 363 g/mol. The molecule has 0 saturated heterocycles. The molecule has 0 atom stereocenters. The summed E-state index contributed by atoms with van der Waals surface area (Å²) in [6.07, 6.45) is 0. The van der Waals surface area contributed by atoms with E-state index in [9.17, 15) is 4.79 Å². The van der Waals surface area contributed by atoms with Crippen LogP contribution in [0.1, 0.15) is 16.1 Å². The first kappa shape index (κ1) is 16.8. The molecule has 0 bridgehead atoms. The summed E-state index contributed by atoms with van der Waals surface area (Å²) in [7, 11) is 0. The Morgan fingerprint density at radius 1 is 1.12 bits per heavy atom. The van der Waals surface area contributed by atoms with E-state index in [1.54, 1.807) is 22.9 Å². The van der Waals surface area contributed by atoms with Crippen molar-refractivity contribution in [2.45, 2.75) is 6.54 Å². The van der Waals surface area contributed by atoms with Crippen molar-refractivity contribution in [3.63, 3.8) is 0 Å². The van der Waals surface area contributed by atoms with E-state index >= 15 is 0 Å². The Hall–Kier alpha value is -2.08. The molecule has 0 aliphatic carbocycles. The van der Waals surface area contributed by atoms with Crippen LogP contribution in [0.4, 0.5) is 0 Å². The third-order valence-electron chi connectivity index (χ3n) is 3.64. The number of halogens is 2. The van der Waals surface area contributed by atoms with Crippen molar-refractivity contribution in [1.82, 2.24) is 15.1 Å². The number of nitrogens with one attached hydrogen (secondary N) is 1. The minimum Gasteiger partial charge on any atom is -0.395 e. The fourth-order valence-electron chi connectivity index (χ4n) is 2.50. The van der Waals surface area contributed by atoms with Crippen molar-refractivity contribution >= 4 is 40.0 Å². The van der Waals surface area contributed by atoms with E-state index in [-0.39, 0.29) is 19.1 Å². The molecule has 24 heavy (non-hydrogen) atoms. The van der Waals surface area contributed by atoms with Crippen LogP contribution in [0.15, 0.2) is 42.5 Å². The normalized spacial score (nSPS) is 11.0. The van der Waals surface area contributed by atoms with E-state index < -0.39 is 0 Å². The van der Waals surface area contributed by atoms with Crippen LogP contribution in [0.3, 0.4) is 0 Å². The number of amides is 1. The smallest absolute Gasteiger partial charge is 0.272 e. The lowest BCUT2D eigenvalue weighted by Crippen LogP contribution is -2.27. The van der Waals surface area contributed by atoms with Gasteiger partial charge in [-0.1, -0.05) is 47.5 Å². The Morgan fingerprint density at radius 2 is 1.83 bits per heavy atom. The molecule has 0 radical (unpaired) electrons. The van der Waals surface area contributed by atoms with Gasteiger partial charge in [-0.2, -0.15) is 5.10 Å². The number of aliphatic hydroxyl groups excluding tert-OH is 1. The standard InChI is InChI=1S/C17H15Cl2N3O2/c18-13-5-3-6-14(19)12(13)10-22-15-7-2-1-4-11(15)16(21-22)17(24)20-8-9-23/h1-7,23H,8-10H2,(H,20,24). The van der Waals surface area contributed by atoms with E-state index in [4.69, 9.17) is 28.3 Å². The van der Waals surface area contributed by atoms with Crippen LogP contribution in [0, 0.1) is 0 Å². The van der Waals surface area contributed by atoms with Crippen LogP contribution in [0.25, 0.3) is 10.9 Å². The summed E-state index contributed by atoms with van der Waals surface area (Å²) in [5.41, 5.74) is 1.86. The summed E-state index contributed by atoms with van der Waals surface area (Å²) in [6.45, 7) is 0.405. The van der Waals surface area contributed by atoms with Crippen LogP contribution >= 0.6 is 23.2 Å². The second-order valence-electron chi connectivity index (χ2n) is 5.20. The van der Waals surface area contributed by atoms with Crippen molar-refractivity contribution in [2.24, 2.45) is 0 Å². The quantitative estimate of drug-likeness (QED) is 0.731. The molecule has 1 amide bonds. The lowest BCUT2D eigenvalue weighted by molar-refractivity contribution is 0.0940. The maximum atomic E-state index is 12.3. The van der Waals surface area contributed by atoms with Crippen molar-refractivity contribution < 1.29 is 9.90 Å². The summed E-state index contributed by atoms with van der Waals surface area (Å²) in [6, 6.07) is 12.8. The first-order valence-electron chi connectivity index (χ1n) is 7.39. The molecule has 5 nitrogen and oxygen atoms in total. The summed E-state index contributed by atoms with van der Waals surface area (Å²) in [5, 5.41) is 17.7. The topological polar surface area (TPSA) is 67.2 Å². The number of aromatic nitrogens is 2. The highest BCUT2D eigenvalue weighted by Crippen LogP contribution is 2.27. The number of para-hydroxylation sites is 1. The number of aliphatic hydroxyl groups is 1. The first-order valence-corrected chi connectivity index (χ1v) is 8.15. The molecule has 3 rings (SSSR count). The summed E-state index contributed by atoms with van der Waals surface area (Å²) in [5.74, 6) is -0.329. The molecule has 3 aromatic rings. The number of fused-ring (bicyclic) bond motifs is 1. The number of carbonyl (C=O) groups excluding carboxylic acids is 1. The molecule has 0 fully saturated rings. The molecule has 0 spiro atoms. The molecular formula is C17H15Cl2N3O2. The lowest BCUT2D eigenvalue weighted by Gasteiger charge is -2.08. The Morgan fingerprint density at radius 3 is 2.54 bits per heavy atom. The molecule has 1 aromatic heterocycles. The van der Waals surface area contributed by atoms with E-state index in [2.05, 4.69) is 10.4 Å². The van der Waals surface area contributed by atoms with Gasteiger partial charge in [-0.15, -0.1) is 0 Å². The summed E-state index contributed by atoms with van der Waals surface area (Å²) < 4.78 is 1.70. The molecule has 0 aliphatic rings. The fourth-order valence-corrected chi connectivity index (χ4v) is 3.02. The Labute approximate surface area is 148 Å². The first-order chi connectivity index (χ1) is 11.6. The molecular weight excluding hydrogens is 349 g/mol. The van der Waals surface area contributed by atoms with Gasteiger partial charge in [-0.3, -0.25) is 9.48 Å². The number of benzene rings is 2. The highest BCUT2D eigenvalue weighted by atomic mass is 35.5. The Bertz CT molecular complexity index is 872. The van der Waals surface area contributed by atoms with Crippen LogP contribution in [-0.4, -0.2) is 33.9 Å². The van der Waals surface area contributed by atoms with Gasteiger partial charge in [0.25, 0.3) is 5.91 Å². The molecule has 0 saturated carbocycles. The van der Waals surface area contributed by atoms with Gasteiger partial charge in [-0.05, 0) is 18.2 Å². The van der Waals surface area contributed by atoms with Crippen LogP contribution in [0.5, 0.6) is 0 Å². The number of nitrogens with zero attached hydrogens (tertiary/aromatic N) is 2. The third-order valence-corrected chi connectivity index (χ3v) is 4.35. The minimum absolute atomic E-state index is 0.125. The van der Waals surface area contributed by atoms with Crippen molar-refractivity contribution in [2.75, 3.05) is 13.2 Å². The molecule has 2 aromatic carbocycles. The van der Waals surface area contributed by atoms with Gasteiger partial charge in [0.1, 0.15) is 0 Å². The number of carbonyl (C=O) groups is 1. The van der Waals surface area contributed by atoms with Gasteiger partial charge in [-0.25, -0.2) is 0 Å². The zero-order chi connectivity index (χ0) is 17.1. The van der Waals surface area contributed by atoms with Gasteiger partial charge in [0.05, 0.1) is 18.7 Å². The molecule has 7 heteroatoms. The molecule has 1 heterocycles. The van der Waals surface area contributed by atoms with E-state index in [1.165, 1.54) is 0 Å². The van der Waals surface area contributed by atoms with Crippen molar-refractivity contribution in [3.8, 4) is 0 Å². The van der Waals surface area contributed by atoms with Crippen LogP contribution in [0.2, 0.25) is 10.0 Å². The average molecular weight is 364 g/mol. The van der Waals surface area contributed by atoms with E-state index in [0.717, 1.165) is 16.5 Å². The van der Waals surface area contributed by atoms with Gasteiger partial charge in [0.15, 0.2) is 5.69 Å². The average Bonchev–Trinajstić information content (AvgIpc) is 2.95. The zero-order valence-electron chi connectivity index (χ0n) is 12.7. The highest BCUT2D eigenvalue weighted by molar-refractivity contribution is 6.36. The number of hydrogen-bond donors (Lipinski definition) is 2. The third kappa shape index (κ3) is 3.24. The highest BCUT2D eigenvalue weighted by Gasteiger charge is 2.18. The van der Waals surface area contributed by atoms with Gasteiger partial charge in [0, 0.05) is 27.5 Å². The molecule has 2 N–H and O–H groups in total. The maximum absolute atomic E-state index is 12.3. The Balaban J connectivity index is 2.04. The number of rotatable bonds is 5. The van der Waals surface area contributed by atoms with E-state index in [1.807, 2.05) is 24.3 Å². The van der Waals surface area contributed by atoms with Gasteiger partial charge >= 0.3 is 0 Å². The zero-order valence-corrected chi connectivity index (χ0v) is 14.2. The second kappa shape index (κ2) is 7.21.